The lowest BCUT2D eigenvalue weighted by atomic mass is 9.99. The van der Waals surface area contributed by atoms with Crippen molar-refractivity contribution < 1.29 is 0 Å². The molecular formula is C14H10N6. The van der Waals surface area contributed by atoms with E-state index < -0.39 is 0 Å². The molecule has 2 heterocycles. The van der Waals surface area contributed by atoms with E-state index in [0.29, 0.717) is 6.42 Å². The van der Waals surface area contributed by atoms with Crippen LogP contribution in [0.1, 0.15) is 11.3 Å². The van der Waals surface area contributed by atoms with Gasteiger partial charge in [0.25, 0.3) is 0 Å². The molecule has 1 N–H and O–H groups in total. The molecule has 1 aromatic heterocycles. The molecule has 0 saturated heterocycles. The molecule has 0 bridgehead atoms. The van der Waals surface area contributed by atoms with Gasteiger partial charge >= 0.3 is 0 Å². The van der Waals surface area contributed by atoms with Crippen molar-refractivity contribution in [2.24, 2.45) is 15.4 Å². The van der Waals surface area contributed by atoms with Crippen molar-refractivity contribution in [3.05, 3.63) is 53.6 Å². The van der Waals surface area contributed by atoms with Crippen molar-refractivity contribution in [3.8, 4) is 0 Å². The van der Waals surface area contributed by atoms with Crippen LogP contribution in [0.25, 0.3) is 6.08 Å². The van der Waals surface area contributed by atoms with E-state index in [1.165, 1.54) is 0 Å². The lowest BCUT2D eigenvalue weighted by molar-refractivity contribution is 1.05. The Morgan fingerprint density at radius 2 is 1.95 bits per heavy atom. The van der Waals surface area contributed by atoms with E-state index in [4.69, 9.17) is 0 Å². The first-order valence-corrected chi connectivity index (χ1v) is 6.26. The highest BCUT2D eigenvalue weighted by Crippen LogP contribution is 2.30. The zero-order chi connectivity index (χ0) is 13.4. The summed E-state index contributed by atoms with van der Waals surface area (Å²) in [5, 5.41) is 15.0. The number of fused-ring (bicyclic) bond motifs is 2. The van der Waals surface area contributed by atoms with E-state index >= 15 is 0 Å². The van der Waals surface area contributed by atoms with Gasteiger partial charge in [0.15, 0.2) is 0 Å². The van der Waals surface area contributed by atoms with Gasteiger partial charge in [-0.3, -0.25) is 0 Å². The monoisotopic (exact) mass is 262 g/mol. The largest absolute Gasteiger partial charge is 0.340 e. The molecule has 1 aromatic carbocycles. The minimum Gasteiger partial charge on any atom is -0.340 e. The molecule has 0 unspecified atom stereocenters. The van der Waals surface area contributed by atoms with Gasteiger partial charge in [-0.1, -0.05) is 18.2 Å². The first kappa shape index (κ1) is 11.0. The molecule has 0 fully saturated rings. The van der Waals surface area contributed by atoms with Crippen LogP contribution in [0.2, 0.25) is 0 Å². The minimum atomic E-state index is 0.639. The Morgan fingerprint density at radius 1 is 1.05 bits per heavy atom. The number of para-hydroxylation sites is 1. The van der Waals surface area contributed by atoms with Crippen LogP contribution in [0.15, 0.2) is 57.8 Å². The van der Waals surface area contributed by atoms with Gasteiger partial charge in [0, 0.05) is 17.7 Å². The second kappa shape index (κ2) is 4.34. The molecule has 0 atom stereocenters. The lowest BCUT2D eigenvalue weighted by Crippen LogP contribution is -2.13. The SMILES string of the molecule is C1=C2N=NN=C2Cc2ncnc(Nc3ccccc3)c21. The Kier molecular flexibility index (Phi) is 2.38. The zero-order valence-corrected chi connectivity index (χ0v) is 10.5. The molecule has 2 aliphatic rings. The average molecular weight is 262 g/mol. The first-order chi connectivity index (χ1) is 9.90. The van der Waals surface area contributed by atoms with Crippen molar-refractivity contribution in [2.75, 3.05) is 5.32 Å². The summed E-state index contributed by atoms with van der Waals surface area (Å²) in [4.78, 5) is 8.64. The van der Waals surface area contributed by atoms with E-state index in [1.807, 2.05) is 36.4 Å². The second-order valence-electron chi connectivity index (χ2n) is 4.52. The van der Waals surface area contributed by atoms with Crippen molar-refractivity contribution in [1.82, 2.24) is 9.97 Å². The Bertz CT molecular complexity index is 760. The molecule has 4 rings (SSSR count). The Morgan fingerprint density at radius 3 is 2.85 bits per heavy atom. The van der Waals surface area contributed by atoms with Gasteiger partial charge < -0.3 is 5.32 Å². The first-order valence-electron chi connectivity index (χ1n) is 6.26. The molecule has 96 valence electrons. The van der Waals surface area contributed by atoms with Crippen molar-refractivity contribution in [1.29, 1.82) is 0 Å². The van der Waals surface area contributed by atoms with Crippen LogP contribution in [0.4, 0.5) is 11.5 Å². The van der Waals surface area contributed by atoms with Crippen molar-refractivity contribution in [2.45, 2.75) is 6.42 Å². The molecule has 0 radical (unpaired) electrons. The maximum absolute atomic E-state index is 4.32. The Labute approximate surface area is 115 Å². The van der Waals surface area contributed by atoms with Crippen molar-refractivity contribution >= 4 is 23.3 Å². The molecule has 1 aliphatic heterocycles. The molecule has 0 amide bonds. The van der Waals surface area contributed by atoms with Crippen LogP contribution in [0.5, 0.6) is 0 Å². The number of anilines is 2. The van der Waals surface area contributed by atoms with Gasteiger partial charge in [-0.2, -0.15) is 0 Å². The van der Waals surface area contributed by atoms with Gasteiger partial charge in [0.2, 0.25) is 0 Å². The lowest BCUT2D eigenvalue weighted by Gasteiger charge is -2.15. The molecule has 6 heteroatoms. The van der Waals surface area contributed by atoms with Gasteiger partial charge in [0.05, 0.1) is 11.4 Å². The molecule has 0 spiro atoms. The quantitative estimate of drug-likeness (QED) is 0.904. The van der Waals surface area contributed by atoms with E-state index in [-0.39, 0.29) is 0 Å². The van der Waals surface area contributed by atoms with E-state index in [2.05, 4.69) is 30.7 Å². The molecule has 20 heavy (non-hydrogen) atoms. The van der Waals surface area contributed by atoms with Crippen LogP contribution in [-0.4, -0.2) is 15.7 Å². The summed E-state index contributed by atoms with van der Waals surface area (Å²) >= 11 is 0. The van der Waals surface area contributed by atoms with Gasteiger partial charge in [-0.25, -0.2) is 9.97 Å². The Hall–Kier alpha value is -2.89. The fraction of sp³-hybridized carbons (Fsp3) is 0.0714. The molecule has 6 nitrogen and oxygen atoms in total. The summed E-state index contributed by atoms with van der Waals surface area (Å²) in [6.45, 7) is 0. The van der Waals surface area contributed by atoms with E-state index in [1.54, 1.807) is 6.33 Å². The zero-order valence-electron chi connectivity index (χ0n) is 10.5. The number of hydrogen-bond donors (Lipinski definition) is 1. The molecular weight excluding hydrogens is 252 g/mol. The highest BCUT2D eigenvalue weighted by atomic mass is 15.4. The van der Waals surface area contributed by atoms with Crippen LogP contribution in [-0.2, 0) is 6.42 Å². The van der Waals surface area contributed by atoms with Crippen molar-refractivity contribution in [3.63, 3.8) is 0 Å². The average Bonchev–Trinajstić information content (AvgIpc) is 2.94. The fourth-order valence-corrected chi connectivity index (χ4v) is 2.25. The summed E-state index contributed by atoms with van der Waals surface area (Å²) < 4.78 is 0. The maximum Gasteiger partial charge on any atom is 0.141 e. The second-order valence-corrected chi connectivity index (χ2v) is 4.52. The number of rotatable bonds is 2. The minimum absolute atomic E-state index is 0.639. The number of aromatic nitrogens is 2. The summed E-state index contributed by atoms with van der Waals surface area (Å²) in [6.07, 6.45) is 4.13. The smallest absolute Gasteiger partial charge is 0.141 e. The van der Waals surface area contributed by atoms with Crippen LogP contribution in [0.3, 0.4) is 0 Å². The summed E-state index contributed by atoms with van der Waals surface area (Å²) in [5.41, 5.74) is 4.53. The van der Waals surface area contributed by atoms with Crippen LogP contribution >= 0.6 is 0 Å². The van der Waals surface area contributed by atoms with Gasteiger partial charge in [-0.05, 0) is 23.4 Å². The maximum atomic E-state index is 4.32. The van der Waals surface area contributed by atoms with Gasteiger partial charge in [-0.15, -0.1) is 10.2 Å². The summed E-state index contributed by atoms with van der Waals surface area (Å²) in [6, 6.07) is 9.91. The predicted octanol–water partition coefficient (Wildman–Crippen LogP) is 2.94. The third-order valence-electron chi connectivity index (χ3n) is 3.23. The number of hydrogen-bond acceptors (Lipinski definition) is 6. The highest BCUT2D eigenvalue weighted by molar-refractivity contribution is 6.08. The molecule has 0 saturated carbocycles. The normalized spacial score (nSPS) is 15.2. The van der Waals surface area contributed by atoms with Crippen LogP contribution < -0.4 is 5.32 Å². The number of nitrogens with zero attached hydrogens (tertiary/aromatic N) is 5. The fourth-order valence-electron chi connectivity index (χ4n) is 2.25. The summed E-state index contributed by atoms with van der Waals surface area (Å²) in [5.74, 6) is 0.773. The highest BCUT2D eigenvalue weighted by Gasteiger charge is 2.23. The number of nitrogens with one attached hydrogen (secondary N) is 1. The number of benzene rings is 1. The van der Waals surface area contributed by atoms with Gasteiger partial charge in [0.1, 0.15) is 17.8 Å². The third-order valence-corrected chi connectivity index (χ3v) is 3.23. The van der Waals surface area contributed by atoms with E-state index in [9.17, 15) is 0 Å². The predicted molar refractivity (Wildman–Crippen MR) is 75.7 cm³/mol. The standard InChI is InChI=1S/C14H10N6/c1-2-4-9(5-3-1)17-14-10-6-12-13(19-20-18-12)7-11(10)15-8-16-14/h1-6,8H,7H2,(H,15,16,17). The van der Waals surface area contributed by atoms with Crippen LogP contribution in [0, 0.1) is 0 Å². The van der Waals surface area contributed by atoms with E-state index in [0.717, 1.165) is 34.2 Å². The Balaban J connectivity index is 1.77. The molecule has 2 aromatic rings. The molecule has 1 aliphatic carbocycles. The third kappa shape index (κ3) is 1.78. The topological polar surface area (TPSA) is 74.9 Å². The number of allylic oxidation sites excluding steroid dienone is 1. The summed E-state index contributed by atoms with van der Waals surface area (Å²) in [7, 11) is 0.